The molecule has 1 saturated heterocycles. The summed E-state index contributed by atoms with van der Waals surface area (Å²) in [5, 5.41) is 4.27. The average Bonchev–Trinajstić information content (AvgIpc) is 3.28. The summed E-state index contributed by atoms with van der Waals surface area (Å²) in [7, 11) is 0. The number of benzene rings is 1. The lowest BCUT2D eigenvalue weighted by atomic mass is 9.94. The number of halogens is 3. The van der Waals surface area contributed by atoms with Crippen LogP contribution in [0.15, 0.2) is 30.3 Å². The molecule has 2 aromatic rings. The molecule has 27 heavy (non-hydrogen) atoms. The molecule has 1 atom stereocenters. The summed E-state index contributed by atoms with van der Waals surface area (Å²) in [6.07, 6.45) is -1.81. The summed E-state index contributed by atoms with van der Waals surface area (Å²) in [4.78, 5) is 25.2. The highest BCUT2D eigenvalue weighted by Gasteiger charge is 2.57. The highest BCUT2D eigenvalue weighted by Crippen LogP contribution is 2.43. The molecule has 5 nitrogen and oxygen atoms in total. The second kappa shape index (κ2) is 5.94. The Bertz CT molecular complexity index is 927. The monoisotopic (exact) mass is 378 g/mol. The second-order valence-corrected chi connectivity index (χ2v) is 7.08. The maximum absolute atomic E-state index is 13.0. The van der Waals surface area contributed by atoms with Crippen LogP contribution in [-0.4, -0.2) is 27.1 Å². The van der Waals surface area contributed by atoms with Crippen LogP contribution in [-0.2, 0) is 20.5 Å². The van der Waals surface area contributed by atoms with Gasteiger partial charge in [0.05, 0.1) is 11.3 Å². The Morgan fingerprint density at radius 2 is 1.89 bits per heavy atom. The number of ketones is 1. The Morgan fingerprint density at radius 1 is 1.19 bits per heavy atom. The van der Waals surface area contributed by atoms with E-state index in [2.05, 4.69) is 5.10 Å². The SMILES string of the molecule is Cc1cc(-c2cccc(C(F)(F)F)c2)nn1C1C(=O)OC2(CCCC2)C1=O. The number of carbonyl (C=O) groups excluding carboxylic acids is 2. The van der Waals surface area contributed by atoms with Gasteiger partial charge in [0.1, 0.15) is 0 Å². The van der Waals surface area contributed by atoms with Crippen molar-refractivity contribution in [2.24, 2.45) is 0 Å². The predicted molar refractivity (Wildman–Crippen MR) is 88.7 cm³/mol. The van der Waals surface area contributed by atoms with Crippen molar-refractivity contribution in [2.45, 2.75) is 50.4 Å². The highest BCUT2D eigenvalue weighted by molar-refractivity contribution is 6.11. The summed E-state index contributed by atoms with van der Waals surface area (Å²) in [6.45, 7) is 1.66. The summed E-state index contributed by atoms with van der Waals surface area (Å²) < 4.78 is 45.6. The maximum atomic E-state index is 13.0. The van der Waals surface area contributed by atoms with Crippen molar-refractivity contribution >= 4 is 11.8 Å². The number of aryl methyl sites for hydroxylation is 1. The number of esters is 1. The zero-order chi connectivity index (χ0) is 19.4. The van der Waals surface area contributed by atoms with Crippen molar-refractivity contribution < 1.29 is 27.5 Å². The van der Waals surface area contributed by atoms with E-state index in [-0.39, 0.29) is 17.0 Å². The van der Waals surface area contributed by atoms with Crippen molar-refractivity contribution in [3.05, 3.63) is 41.6 Å². The smallest absolute Gasteiger partial charge is 0.416 e. The van der Waals surface area contributed by atoms with Crippen molar-refractivity contribution in [3.8, 4) is 11.3 Å². The lowest BCUT2D eigenvalue weighted by Gasteiger charge is -2.18. The molecular weight excluding hydrogens is 361 g/mol. The second-order valence-electron chi connectivity index (χ2n) is 7.08. The van der Waals surface area contributed by atoms with Gasteiger partial charge in [-0.15, -0.1) is 0 Å². The molecule has 0 N–H and O–H groups in total. The Hall–Kier alpha value is -2.64. The first kappa shape index (κ1) is 17.8. The van der Waals surface area contributed by atoms with Crippen molar-refractivity contribution in [2.75, 3.05) is 0 Å². The van der Waals surface area contributed by atoms with Crippen LogP contribution in [0.1, 0.15) is 43.0 Å². The minimum Gasteiger partial charge on any atom is -0.449 e. The quantitative estimate of drug-likeness (QED) is 0.588. The molecular formula is C19H17F3N2O3. The fourth-order valence-corrected chi connectivity index (χ4v) is 3.91. The van der Waals surface area contributed by atoms with E-state index in [4.69, 9.17) is 4.74 Å². The van der Waals surface area contributed by atoms with Crippen LogP contribution in [0.25, 0.3) is 11.3 Å². The van der Waals surface area contributed by atoms with Crippen LogP contribution in [0.5, 0.6) is 0 Å². The molecule has 0 radical (unpaired) electrons. The maximum Gasteiger partial charge on any atom is 0.416 e. The Labute approximate surface area is 153 Å². The highest BCUT2D eigenvalue weighted by atomic mass is 19.4. The summed E-state index contributed by atoms with van der Waals surface area (Å²) in [5.74, 6) is -0.963. The van der Waals surface area contributed by atoms with Gasteiger partial charge in [-0.05, 0) is 50.8 Å². The fraction of sp³-hybridized carbons (Fsp3) is 0.421. The molecule has 1 aliphatic carbocycles. The number of aromatic nitrogens is 2. The number of ether oxygens (including phenoxy) is 1. The first-order valence-corrected chi connectivity index (χ1v) is 8.72. The van der Waals surface area contributed by atoms with Gasteiger partial charge in [-0.25, -0.2) is 9.48 Å². The van der Waals surface area contributed by atoms with Gasteiger partial charge >= 0.3 is 12.1 Å². The van der Waals surface area contributed by atoms with E-state index in [9.17, 15) is 22.8 Å². The minimum atomic E-state index is -4.46. The number of hydrogen-bond acceptors (Lipinski definition) is 4. The zero-order valence-electron chi connectivity index (χ0n) is 14.5. The summed E-state index contributed by atoms with van der Waals surface area (Å²) in [5.41, 5.74) is -0.801. The number of nitrogens with zero attached hydrogens (tertiary/aromatic N) is 2. The average molecular weight is 378 g/mol. The van der Waals surface area contributed by atoms with Gasteiger partial charge in [0.15, 0.2) is 5.60 Å². The largest absolute Gasteiger partial charge is 0.449 e. The normalized spacial score (nSPS) is 21.9. The molecule has 1 aromatic heterocycles. The Balaban J connectivity index is 1.71. The molecule has 1 aliphatic heterocycles. The summed E-state index contributed by atoms with van der Waals surface area (Å²) >= 11 is 0. The molecule has 2 aliphatic rings. The van der Waals surface area contributed by atoms with Gasteiger partial charge < -0.3 is 4.74 Å². The van der Waals surface area contributed by atoms with Crippen LogP contribution < -0.4 is 0 Å². The lowest BCUT2D eigenvalue weighted by molar-refractivity contribution is -0.152. The van der Waals surface area contributed by atoms with Gasteiger partial charge in [0.25, 0.3) is 0 Å². The first-order valence-electron chi connectivity index (χ1n) is 8.72. The van der Waals surface area contributed by atoms with Gasteiger partial charge in [0.2, 0.25) is 11.8 Å². The van der Waals surface area contributed by atoms with Crippen molar-refractivity contribution in [1.29, 1.82) is 0 Å². The van der Waals surface area contributed by atoms with Crippen LogP contribution >= 0.6 is 0 Å². The number of hydrogen-bond donors (Lipinski definition) is 0. The minimum absolute atomic E-state index is 0.265. The van der Waals surface area contributed by atoms with Gasteiger partial charge in [-0.3, -0.25) is 4.79 Å². The van der Waals surface area contributed by atoms with E-state index in [0.717, 1.165) is 25.0 Å². The van der Waals surface area contributed by atoms with Crippen LogP contribution in [0.3, 0.4) is 0 Å². The predicted octanol–water partition coefficient (Wildman–Crippen LogP) is 3.86. The molecule has 4 rings (SSSR count). The van der Waals surface area contributed by atoms with Crippen LogP contribution in [0.2, 0.25) is 0 Å². The first-order chi connectivity index (χ1) is 12.7. The topological polar surface area (TPSA) is 61.2 Å². The number of alkyl halides is 3. The molecule has 1 saturated carbocycles. The zero-order valence-corrected chi connectivity index (χ0v) is 14.5. The van der Waals surface area contributed by atoms with Crippen LogP contribution in [0, 0.1) is 6.92 Å². The van der Waals surface area contributed by atoms with Crippen LogP contribution in [0.4, 0.5) is 13.2 Å². The molecule has 1 aromatic carbocycles. The molecule has 2 heterocycles. The Morgan fingerprint density at radius 3 is 2.56 bits per heavy atom. The van der Waals surface area contributed by atoms with E-state index in [0.29, 0.717) is 18.5 Å². The van der Waals surface area contributed by atoms with E-state index in [1.807, 2.05) is 0 Å². The van der Waals surface area contributed by atoms with E-state index >= 15 is 0 Å². The molecule has 1 unspecified atom stereocenters. The number of Topliss-reactive ketones (excluding diaryl/α,β-unsaturated/α-hetero) is 1. The van der Waals surface area contributed by atoms with Crippen molar-refractivity contribution in [1.82, 2.24) is 9.78 Å². The number of carbonyl (C=O) groups is 2. The molecule has 8 heteroatoms. The van der Waals surface area contributed by atoms with E-state index < -0.39 is 29.4 Å². The lowest BCUT2D eigenvalue weighted by Crippen LogP contribution is -2.35. The van der Waals surface area contributed by atoms with Gasteiger partial charge in [-0.1, -0.05) is 12.1 Å². The molecule has 0 bridgehead atoms. The molecule has 2 fully saturated rings. The van der Waals surface area contributed by atoms with Gasteiger partial charge in [-0.2, -0.15) is 18.3 Å². The van der Waals surface area contributed by atoms with Gasteiger partial charge in [0, 0.05) is 11.3 Å². The third-order valence-corrected chi connectivity index (χ3v) is 5.28. The fourth-order valence-electron chi connectivity index (χ4n) is 3.91. The molecule has 0 amide bonds. The van der Waals surface area contributed by atoms with Crippen molar-refractivity contribution in [3.63, 3.8) is 0 Å². The molecule has 142 valence electrons. The third kappa shape index (κ3) is 2.83. The molecule has 1 spiro atoms. The standard InChI is InChI=1S/C19H17F3N2O3/c1-11-9-14(12-5-4-6-13(10-12)19(20,21)22)23-24(11)15-16(25)18(27-17(15)26)7-2-3-8-18/h4-6,9-10,15H,2-3,7-8H2,1H3. The summed E-state index contributed by atoms with van der Waals surface area (Å²) in [6, 6.07) is 5.18. The number of rotatable bonds is 2. The van der Waals surface area contributed by atoms with E-state index in [1.54, 1.807) is 13.0 Å². The van der Waals surface area contributed by atoms with E-state index in [1.165, 1.54) is 16.8 Å². The third-order valence-electron chi connectivity index (χ3n) is 5.28. The Kier molecular flexibility index (Phi) is 3.90.